The van der Waals surface area contributed by atoms with Crippen molar-refractivity contribution in [1.82, 2.24) is 15.5 Å². The number of furan rings is 1. The molecule has 0 aromatic carbocycles. The van der Waals surface area contributed by atoms with Gasteiger partial charge in [0, 0.05) is 39.0 Å². The molecule has 1 aliphatic rings. The third-order valence-electron chi connectivity index (χ3n) is 4.57. The highest BCUT2D eigenvalue weighted by Crippen LogP contribution is 2.23. The van der Waals surface area contributed by atoms with E-state index >= 15 is 0 Å². The van der Waals surface area contributed by atoms with Gasteiger partial charge >= 0.3 is 0 Å². The zero-order valence-corrected chi connectivity index (χ0v) is 17.5. The quantitative estimate of drug-likeness (QED) is 0.495. The molecule has 2 heterocycles. The van der Waals surface area contributed by atoms with E-state index in [1.807, 2.05) is 26.0 Å². The number of nitrogens with one attached hydrogen (secondary N) is 2. The lowest BCUT2D eigenvalue weighted by Gasteiger charge is -2.33. The number of hydrogen-bond acceptors (Lipinski definition) is 6. The van der Waals surface area contributed by atoms with Gasteiger partial charge in [0.2, 0.25) is 0 Å². The topological polar surface area (TPSA) is 96.2 Å². The maximum Gasteiger partial charge on any atom is 0.191 e. The molecule has 2 unspecified atom stereocenters. The molecule has 8 nitrogen and oxygen atoms in total. The molecule has 0 aliphatic carbocycles. The van der Waals surface area contributed by atoms with Gasteiger partial charge in [-0.2, -0.15) is 0 Å². The number of rotatable bonds is 8. The SMILES string of the molecule is CN=C(NCC(c1ccc(C)o1)N1CCOCC1)NC(C)CCS(C)(=O)=O. The van der Waals surface area contributed by atoms with Crippen LogP contribution in [0.25, 0.3) is 0 Å². The lowest BCUT2D eigenvalue weighted by Crippen LogP contribution is -2.48. The van der Waals surface area contributed by atoms with Crippen LogP contribution in [0.2, 0.25) is 0 Å². The van der Waals surface area contributed by atoms with Crippen LogP contribution in [-0.4, -0.2) is 77.2 Å². The number of aliphatic imine (C=N–C) groups is 1. The van der Waals surface area contributed by atoms with Gasteiger partial charge in [-0.15, -0.1) is 0 Å². The maximum absolute atomic E-state index is 11.3. The van der Waals surface area contributed by atoms with E-state index in [4.69, 9.17) is 9.15 Å². The second-order valence-electron chi connectivity index (χ2n) is 7.03. The molecule has 1 fully saturated rings. The number of morpholine rings is 1. The Labute approximate surface area is 162 Å². The summed E-state index contributed by atoms with van der Waals surface area (Å²) in [6, 6.07) is 4.07. The maximum atomic E-state index is 11.3. The van der Waals surface area contributed by atoms with Crippen molar-refractivity contribution in [3.05, 3.63) is 23.7 Å². The third kappa shape index (κ3) is 7.51. The number of ether oxygens (including phenoxy) is 1. The summed E-state index contributed by atoms with van der Waals surface area (Å²) in [4.78, 5) is 6.60. The summed E-state index contributed by atoms with van der Waals surface area (Å²) in [5, 5.41) is 6.60. The fourth-order valence-electron chi connectivity index (χ4n) is 3.02. The van der Waals surface area contributed by atoms with Gasteiger partial charge in [-0.1, -0.05) is 0 Å². The summed E-state index contributed by atoms with van der Waals surface area (Å²) < 4.78 is 34.0. The molecule has 1 aromatic heterocycles. The zero-order chi connectivity index (χ0) is 19.9. The van der Waals surface area contributed by atoms with Gasteiger partial charge in [0.05, 0.1) is 25.0 Å². The first-order valence-electron chi connectivity index (χ1n) is 9.31. The summed E-state index contributed by atoms with van der Waals surface area (Å²) in [7, 11) is -1.26. The van der Waals surface area contributed by atoms with Crippen molar-refractivity contribution in [3.63, 3.8) is 0 Å². The minimum absolute atomic E-state index is 0.00128. The molecule has 2 N–H and O–H groups in total. The number of sulfone groups is 1. The molecule has 27 heavy (non-hydrogen) atoms. The molecule has 2 rings (SSSR count). The molecular weight excluding hydrogens is 368 g/mol. The molecule has 0 radical (unpaired) electrons. The van der Waals surface area contributed by atoms with Crippen molar-refractivity contribution in [1.29, 1.82) is 0 Å². The van der Waals surface area contributed by atoms with Crippen molar-refractivity contribution in [2.24, 2.45) is 4.99 Å². The summed E-state index contributed by atoms with van der Waals surface area (Å²) >= 11 is 0. The van der Waals surface area contributed by atoms with Gasteiger partial charge in [-0.25, -0.2) is 8.42 Å². The highest BCUT2D eigenvalue weighted by molar-refractivity contribution is 7.90. The third-order valence-corrected chi connectivity index (χ3v) is 5.54. The second kappa shape index (κ2) is 10.1. The molecule has 0 bridgehead atoms. The minimum atomic E-state index is -2.97. The lowest BCUT2D eigenvalue weighted by molar-refractivity contribution is 0.0124. The average molecular weight is 401 g/mol. The van der Waals surface area contributed by atoms with Crippen LogP contribution in [0.4, 0.5) is 0 Å². The Kier molecular flexibility index (Phi) is 8.12. The van der Waals surface area contributed by atoms with Crippen molar-refractivity contribution < 1.29 is 17.6 Å². The number of aryl methyl sites for hydroxylation is 1. The molecular formula is C18H32N4O4S. The molecule has 1 aromatic rings. The smallest absolute Gasteiger partial charge is 0.191 e. The molecule has 9 heteroatoms. The van der Waals surface area contributed by atoms with E-state index in [1.165, 1.54) is 6.26 Å². The zero-order valence-electron chi connectivity index (χ0n) is 16.7. The molecule has 0 amide bonds. The Morgan fingerprint density at radius 2 is 2.04 bits per heavy atom. The number of hydrogen-bond donors (Lipinski definition) is 2. The van der Waals surface area contributed by atoms with E-state index in [2.05, 4.69) is 20.5 Å². The van der Waals surface area contributed by atoms with Gasteiger partial charge in [0.1, 0.15) is 21.4 Å². The standard InChI is InChI=1S/C18H32N4O4S/c1-14(7-12-27(4,23)24)21-18(19-3)20-13-16(17-6-5-15(2)26-17)22-8-10-25-11-9-22/h5-6,14,16H,7-13H2,1-4H3,(H2,19,20,21). The van der Waals surface area contributed by atoms with Crippen molar-refractivity contribution in [3.8, 4) is 0 Å². The van der Waals surface area contributed by atoms with Gasteiger partial charge in [-0.3, -0.25) is 9.89 Å². The Morgan fingerprint density at radius 3 is 2.59 bits per heavy atom. The van der Waals surface area contributed by atoms with Gasteiger partial charge in [-0.05, 0) is 32.4 Å². The fraction of sp³-hybridized carbons (Fsp3) is 0.722. The van der Waals surface area contributed by atoms with Crippen LogP contribution < -0.4 is 10.6 Å². The molecule has 1 aliphatic heterocycles. The van der Waals surface area contributed by atoms with Crippen LogP contribution in [0.5, 0.6) is 0 Å². The van der Waals surface area contributed by atoms with E-state index in [0.29, 0.717) is 32.1 Å². The monoisotopic (exact) mass is 400 g/mol. The van der Waals surface area contributed by atoms with E-state index in [1.54, 1.807) is 7.05 Å². The first-order valence-corrected chi connectivity index (χ1v) is 11.4. The van der Waals surface area contributed by atoms with Crippen LogP contribution in [0, 0.1) is 6.92 Å². The van der Waals surface area contributed by atoms with Crippen molar-refractivity contribution in [2.45, 2.75) is 32.4 Å². The van der Waals surface area contributed by atoms with E-state index < -0.39 is 9.84 Å². The van der Waals surface area contributed by atoms with Crippen LogP contribution in [0.15, 0.2) is 21.5 Å². The predicted octanol–water partition coefficient (Wildman–Crippen LogP) is 0.950. The Balaban J connectivity index is 1.95. The number of nitrogens with zero attached hydrogens (tertiary/aromatic N) is 2. The molecule has 2 atom stereocenters. The Morgan fingerprint density at radius 1 is 1.33 bits per heavy atom. The highest BCUT2D eigenvalue weighted by Gasteiger charge is 2.25. The normalized spacial score (nSPS) is 18.9. The van der Waals surface area contributed by atoms with E-state index in [0.717, 1.165) is 24.6 Å². The molecule has 0 saturated carbocycles. The lowest BCUT2D eigenvalue weighted by atomic mass is 10.1. The van der Waals surface area contributed by atoms with Gasteiger partial charge < -0.3 is 19.8 Å². The minimum Gasteiger partial charge on any atom is -0.465 e. The van der Waals surface area contributed by atoms with Crippen molar-refractivity contribution in [2.75, 3.05) is 51.9 Å². The van der Waals surface area contributed by atoms with E-state index in [-0.39, 0.29) is 17.8 Å². The van der Waals surface area contributed by atoms with Crippen LogP contribution in [0.3, 0.4) is 0 Å². The van der Waals surface area contributed by atoms with Crippen LogP contribution in [-0.2, 0) is 14.6 Å². The predicted molar refractivity (Wildman–Crippen MR) is 107 cm³/mol. The first kappa shape index (κ1) is 21.7. The Hall–Kier alpha value is -1.58. The molecule has 154 valence electrons. The second-order valence-corrected chi connectivity index (χ2v) is 9.29. The first-order chi connectivity index (χ1) is 12.8. The van der Waals surface area contributed by atoms with Gasteiger partial charge in [0.15, 0.2) is 5.96 Å². The van der Waals surface area contributed by atoms with Crippen LogP contribution >= 0.6 is 0 Å². The Bertz CT molecular complexity index is 711. The van der Waals surface area contributed by atoms with Crippen molar-refractivity contribution >= 4 is 15.8 Å². The summed E-state index contributed by atoms with van der Waals surface area (Å²) in [5.41, 5.74) is 0. The largest absolute Gasteiger partial charge is 0.465 e. The van der Waals surface area contributed by atoms with Gasteiger partial charge in [0.25, 0.3) is 0 Å². The average Bonchev–Trinajstić information content (AvgIpc) is 3.05. The summed E-state index contributed by atoms with van der Waals surface area (Å²) in [5.74, 6) is 2.61. The number of guanidine groups is 1. The highest BCUT2D eigenvalue weighted by atomic mass is 32.2. The fourth-order valence-corrected chi connectivity index (χ4v) is 3.80. The summed E-state index contributed by atoms with van der Waals surface area (Å²) in [6.07, 6.45) is 1.79. The van der Waals surface area contributed by atoms with Crippen LogP contribution in [0.1, 0.15) is 30.9 Å². The molecule has 1 saturated heterocycles. The van der Waals surface area contributed by atoms with E-state index in [9.17, 15) is 8.42 Å². The summed E-state index contributed by atoms with van der Waals surface area (Å²) in [6.45, 7) is 7.65. The molecule has 0 spiro atoms.